The summed E-state index contributed by atoms with van der Waals surface area (Å²) in [6.45, 7) is 2.51. The van der Waals surface area contributed by atoms with Crippen molar-refractivity contribution in [3.63, 3.8) is 0 Å². The standard InChI is InChI=1S/C13H17NO3/c1-2-17-8-12(15)13(16)11-7-9-5-3-4-6-10(9)14-11/h3-7,12-16H,2,8H2,1H3. The molecule has 1 heterocycles. The van der Waals surface area contributed by atoms with Crippen LogP contribution in [0.3, 0.4) is 0 Å². The summed E-state index contributed by atoms with van der Waals surface area (Å²) >= 11 is 0. The molecule has 0 fully saturated rings. The van der Waals surface area contributed by atoms with Crippen LogP contribution >= 0.6 is 0 Å². The fourth-order valence-electron chi connectivity index (χ4n) is 1.79. The second kappa shape index (κ2) is 5.31. The fraction of sp³-hybridized carbons (Fsp3) is 0.385. The molecule has 0 aliphatic rings. The molecule has 92 valence electrons. The zero-order valence-corrected chi connectivity index (χ0v) is 9.76. The van der Waals surface area contributed by atoms with Gasteiger partial charge in [-0.05, 0) is 24.4 Å². The van der Waals surface area contributed by atoms with Crippen molar-refractivity contribution in [1.29, 1.82) is 0 Å². The molecule has 0 aliphatic carbocycles. The average Bonchev–Trinajstić information content (AvgIpc) is 2.78. The van der Waals surface area contributed by atoms with E-state index in [2.05, 4.69) is 4.98 Å². The van der Waals surface area contributed by atoms with Crippen LogP contribution in [0.25, 0.3) is 10.9 Å². The first-order valence-electron chi connectivity index (χ1n) is 5.74. The van der Waals surface area contributed by atoms with Crippen molar-refractivity contribution in [3.05, 3.63) is 36.0 Å². The molecule has 2 rings (SSSR count). The second-order valence-corrected chi connectivity index (χ2v) is 3.98. The van der Waals surface area contributed by atoms with Crippen molar-refractivity contribution in [1.82, 2.24) is 4.98 Å². The maximum Gasteiger partial charge on any atom is 0.122 e. The van der Waals surface area contributed by atoms with Gasteiger partial charge in [0, 0.05) is 17.8 Å². The third-order valence-electron chi connectivity index (χ3n) is 2.73. The number of aliphatic hydroxyl groups excluding tert-OH is 2. The molecule has 0 saturated carbocycles. The third kappa shape index (κ3) is 2.66. The maximum atomic E-state index is 9.96. The van der Waals surface area contributed by atoms with E-state index >= 15 is 0 Å². The lowest BCUT2D eigenvalue weighted by atomic mass is 10.1. The molecule has 0 amide bonds. The topological polar surface area (TPSA) is 65.5 Å². The lowest BCUT2D eigenvalue weighted by Crippen LogP contribution is -2.24. The Bertz CT molecular complexity index is 447. The number of para-hydroxylation sites is 1. The fourth-order valence-corrected chi connectivity index (χ4v) is 1.79. The smallest absolute Gasteiger partial charge is 0.122 e. The van der Waals surface area contributed by atoms with E-state index in [1.807, 2.05) is 37.3 Å². The van der Waals surface area contributed by atoms with E-state index in [-0.39, 0.29) is 6.61 Å². The van der Waals surface area contributed by atoms with Crippen molar-refractivity contribution in [2.75, 3.05) is 13.2 Å². The Morgan fingerprint density at radius 1 is 1.29 bits per heavy atom. The molecule has 17 heavy (non-hydrogen) atoms. The Kier molecular flexibility index (Phi) is 3.78. The molecule has 0 bridgehead atoms. The SMILES string of the molecule is CCOCC(O)C(O)c1cc2ccccc2[nH]1. The van der Waals surface area contributed by atoms with Gasteiger partial charge >= 0.3 is 0 Å². The minimum atomic E-state index is -0.950. The van der Waals surface area contributed by atoms with E-state index < -0.39 is 12.2 Å². The Morgan fingerprint density at radius 2 is 2.06 bits per heavy atom. The molecule has 0 radical (unpaired) electrons. The van der Waals surface area contributed by atoms with Gasteiger partial charge in [0.25, 0.3) is 0 Å². The predicted molar refractivity (Wildman–Crippen MR) is 65.8 cm³/mol. The number of H-pyrrole nitrogens is 1. The molecule has 1 aromatic carbocycles. The number of ether oxygens (including phenoxy) is 1. The van der Waals surface area contributed by atoms with Crippen molar-refractivity contribution in [3.8, 4) is 0 Å². The number of aliphatic hydroxyl groups is 2. The van der Waals surface area contributed by atoms with Crippen LogP contribution in [0.1, 0.15) is 18.7 Å². The summed E-state index contributed by atoms with van der Waals surface area (Å²) in [6.07, 6.45) is -1.86. The highest BCUT2D eigenvalue weighted by Gasteiger charge is 2.20. The number of hydrogen-bond donors (Lipinski definition) is 3. The van der Waals surface area contributed by atoms with E-state index in [4.69, 9.17) is 4.74 Å². The van der Waals surface area contributed by atoms with Gasteiger partial charge in [0.2, 0.25) is 0 Å². The van der Waals surface area contributed by atoms with Crippen molar-refractivity contribution in [2.45, 2.75) is 19.1 Å². The van der Waals surface area contributed by atoms with Crippen LogP contribution in [0.2, 0.25) is 0 Å². The minimum absolute atomic E-state index is 0.132. The number of benzene rings is 1. The molecule has 0 spiro atoms. The Hall–Kier alpha value is -1.36. The van der Waals surface area contributed by atoms with Gasteiger partial charge in [-0.1, -0.05) is 18.2 Å². The van der Waals surface area contributed by atoms with Crippen LogP contribution in [0.4, 0.5) is 0 Å². The van der Waals surface area contributed by atoms with Crippen LogP contribution in [0, 0.1) is 0 Å². The number of aromatic nitrogens is 1. The molecule has 2 aromatic rings. The van der Waals surface area contributed by atoms with Gasteiger partial charge in [0.1, 0.15) is 12.2 Å². The molecule has 0 aliphatic heterocycles. The lowest BCUT2D eigenvalue weighted by Gasteiger charge is -2.16. The van der Waals surface area contributed by atoms with E-state index in [1.54, 1.807) is 0 Å². The largest absolute Gasteiger partial charge is 0.388 e. The average molecular weight is 235 g/mol. The van der Waals surface area contributed by atoms with Gasteiger partial charge in [0.05, 0.1) is 6.61 Å². The summed E-state index contributed by atoms with van der Waals surface area (Å²) < 4.78 is 5.09. The zero-order chi connectivity index (χ0) is 12.3. The summed E-state index contributed by atoms with van der Waals surface area (Å²) in [7, 11) is 0. The Morgan fingerprint density at radius 3 is 2.76 bits per heavy atom. The number of fused-ring (bicyclic) bond motifs is 1. The van der Waals surface area contributed by atoms with Gasteiger partial charge < -0.3 is 19.9 Å². The summed E-state index contributed by atoms with van der Waals surface area (Å²) in [5.41, 5.74) is 1.56. The first-order valence-corrected chi connectivity index (χ1v) is 5.74. The molecule has 2 unspecified atom stereocenters. The highest BCUT2D eigenvalue weighted by atomic mass is 16.5. The van der Waals surface area contributed by atoms with Crippen molar-refractivity contribution < 1.29 is 14.9 Å². The van der Waals surface area contributed by atoms with Crippen molar-refractivity contribution in [2.24, 2.45) is 0 Å². The molecule has 1 aromatic heterocycles. The first kappa shape index (κ1) is 12.1. The summed E-state index contributed by atoms with van der Waals surface area (Å²) in [6, 6.07) is 9.58. The Labute approximate surface area is 99.8 Å². The van der Waals surface area contributed by atoms with Crippen LogP contribution in [-0.2, 0) is 4.74 Å². The monoisotopic (exact) mass is 235 g/mol. The van der Waals surface area contributed by atoms with E-state index in [0.29, 0.717) is 12.3 Å². The van der Waals surface area contributed by atoms with Gasteiger partial charge in [-0.2, -0.15) is 0 Å². The highest BCUT2D eigenvalue weighted by Crippen LogP contribution is 2.22. The van der Waals surface area contributed by atoms with E-state index in [0.717, 1.165) is 10.9 Å². The van der Waals surface area contributed by atoms with E-state index in [9.17, 15) is 10.2 Å². The second-order valence-electron chi connectivity index (χ2n) is 3.98. The molecule has 4 nitrogen and oxygen atoms in total. The zero-order valence-electron chi connectivity index (χ0n) is 9.76. The number of nitrogens with one attached hydrogen (secondary N) is 1. The lowest BCUT2D eigenvalue weighted by molar-refractivity contribution is -0.0380. The number of rotatable bonds is 5. The normalized spacial score (nSPS) is 15.0. The van der Waals surface area contributed by atoms with E-state index in [1.165, 1.54) is 0 Å². The minimum Gasteiger partial charge on any atom is -0.388 e. The Balaban J connectivity index is 2.15. The van der Waals surface area contributed by atoms with Gasteiger partial charge in [-0.3, -0.25) is 0 Å². The molecule has 4 heteroatoms. The summed E-state index contributed by atoms with van der Waals surface area (Å²) in [5, 5.41) is 20.7. The van der Waals surface area contributed by atoms with Gasteiger partial charge in [0.15, 0.2) is 0 Å². The molecular weight excluding hydrogens is 218 g/mol. The summed E-state index contributed by atoms with van der Waals surface area (Å²) in [5.74, 6) is 0. The maximum absolute atomic E-state index is 9.96. The molecular formula is C13H17NO3. The van der Waals surface area contributed by atoms with Crippen LogP contribution < -0.4 is 0 Å². The highest BCUT2D eigenvalue weighted by molar-refractivity contribution is 5.80. The molecule has 2 atom stereocenters. The first-order chi connectivity index (χ1) is 8.22. The third-order valence-corrected chi connectivity index (χ3v) is 2.73. The molecule has 3 N–H and O–H groups in total. The quantitative estimate of drug-likeness (QED) is 0.737. The van der Waals surface area contributed by atoms with Crippen LogP contribution in [-0.4, -0.2) is 34.5 Å². The van der Waals surface area contributed by atoms with Gasteiger partial charge in [-0.15, -0.1) is 0 Å². The van der Waals surface area contributed by atoms with Crippen molar-refractivity contribution >= 4 is 10.9 Å². The van der Waals surface area contributed by atoms with Gasteiger partial charge in [-0.25, -0.2) is 0 Å². The predicted octanol–water partition coefficient (Wildman–Crippen LogP) is 1.60. The summed E-state index contributed by atoms with van der Waals surface area (Å²) in [4.78, 5) is 3.09. The molecule has 0 saturated heterocycles. The number of hydrogen-bond acceptors (Lipinski definition) is 3. The van der Waals surface area contributed by atoms with Crippen LogP contribution in [0.15, 0.2) is 30.3 Å². The number of aromatic amines is 1. The van der Waals surface area contributed by atoms with Crippen LogP contribution in [0.5, 0.6) is 0 Å².